The summed E-state index contributed by atoms with van der Waals surface area (Å²) in [6, 6.07) is 10.00. The van der Waals surface area contributed by atoms with Gasteiger partial charge in [-0.3, -0.25) is 14.5 Å². The zero-order valence-electron chi connectivity index (χ0n) is 12.5. The first-order chi connectivity index (χ1) is 10.1. The maximum Gasteiger partial charge on any atom is 0.234 e. The summed E-state index contributed by atoms with van der Waals surface area (Å²) in [7, 11) is 0. The summed E-state index contributed by atoms with van der Waals surface area (Å²) in [5.74, 6) is -0.153. The summed E-state index contributed by atoms with van der Waals surface area (Å²) in [6.07, 6.45) is 1.79. The van der Waals surface area contributed by atoms with E-state index in [4.69, 9.17) is 0 Å². The SMILES string of the molecule is C=CCN(CC(=O)NCCNC(C)=O)Cc1ccccc1. The highest BCUT2D eigenvalue weighted by Gasteiger charge is 2.09. The molecular weight excluding hydrogens is 266 g/mol. The molecule has 0 aliphatic rings. The Labute approximate surface area is 126 Å². The van der Waals surface area contributed by atoms with Crippen LogP contribution in [-0.4, -0.2) is 42.9 Å². The molecule has 0 saturated heterocycles. The molecule has 5 nitrogen and oxygen atoms in total. The average Bonchev–Trinajstić information content (AvgIpc) is 2.45. The Morgan fingerprint density at radius 2 is 1.86 bits per heavy atom. The molecule has 0 unspecified atom stereocenters. The largest absolute Gasteiger partial charge is 0.355 e. The summed E-state index contributed by atoms with van der Waals surface area (Å²) < 4.78 is 0. The minimum atomic E-state index is -0.0957. The van der Waals surface area contributed by atoms with E-state index in [2.05, 4.69) is 17.2 Å². The quantitative estimate of drug-likeness (QED) is 0.525. The first-order valence-electron chi connectivity index (χ1n) is 7.00. The molecule has 0 atom stereocenters. The van der Waals surface area contributed by atoms with Gasteiger partial charge in [-0.15, -0.1) is 6.58 Å². The third-order valence-corrected chi connectivity index (χ3v) is 2.82. The highest BCUT2D eigenvalue weighted by Crippen LogP contribution is 2.03. The monoisotopic (exact) mass is 289 g/mol. The molecule has 21 heavy (non-hydrogen) atoms. The number of nitrogens with one attached hydrogen (secondary N) is 2. The van der Waals surface area contributed by atoms with Gasteiger partial charge in [0.1, 0.15) is 0 Å². The van der Waals surface area contributed by atoms with Crippen LogP contribution in [0.4, 0.5) is 0 Å². The third-order valence-electron chi connectivity index (χ3n) is 2.82. The van der Waals surface area contributed by atoms with Gasteiger partial charge in [-0.1, -0.05) is 36.4 Å². The number of hydrogen-bond donors (Lipinski definition) is 2. The average molecular weight is 289 g/mol. The molecule has 0 aliphatic heterocycles. The van der Waals surface area contributed by atoms with Gasteiger partial charge in [0.05, 0.1) is 6.54 Å². The molecule has 0 aromatic heterocycles. The molecule has 0 heterocycles. The van der Waals surface area contributed by atoms with Crippen molar-refractivity contribution in [2.24, 2.45) is 0 Å². The van der Waals surface area contributed by atoms with Crippen molar-refractivity contribution >= 4 is 11.8 Å². The fraction of sp³-hybridized carbons (Fsp3) is 0.375. The second-order valence-electron chi connectivity index (χ2n) is 4.78. The van der Waals surface area contributed by atoms with Crippen molar-refractivity contribution in [3.63, 3.8) is 0 Å². The lowest BCUT2D eigenvalue weighted by atomic mass is 10.2. The molecule has 0 fully saturated rings. The molecule has 1 rings (SSSR count). The summed E-state index contributed by atoms with van der Waals surface area (Å²) in [4.78, 5) is 24.6. The van der Waals surface area contributed by atoms with Crippen molar-refractivity contribution in [1.82, 2.24) is 15.5 Å². The predicted octanol–water partition coefficient (Wildman–Crippen LogP) is 0.927. The molecule has 0 bridgehead atoms. The van der Waals surface area contributed by atoms with E-state index in [1.165, 1.54) is 6.92 Å². The van der Waals surface area contributed by atoms with Gasteiger partial charge in [0, 0.05) is 33.1 Å². The number of carbonyl (C=O) groups is 2. The normalized spacial score (nSPS) is 10.2. The number of hydrogen-bond acceptors (Lipinski definition) is 3. The van der Waals surface area contributed by atoms with Gasteiger partial charge in [0.25, 0.3) is 0 Å². The number of nitrogens with zero attached hydrogens (tertiary/aromatic N) is 1. The summed E-state index contributed by atoms with van der Waals surface area (Å²) in [5.41, 5.74) is 1.16. The van der Waals surface area contributed by atoms with Crippen molar-refractivity contribution < 1.29 is 9.59 Å². The second-order valence-corrected chi connectivity index (χ2v) is 4.78. The van der Waals surface area contributed by atoms with Crippen LogP contribution in [0, 0.1) is 0 Å². The Kier molecular flexibility index (Phi) is 7.82. The lowest BCUT2D eigenvalue weighted by Crippen LogP contribution is -2.40. The van der Waals surface area contributed by atoms with Gasteiger partial charge in [-0.25, -0.2) is 0 Å². The Balaban J connectivity index is 2.37. The smallest absolute Gasteiger partial charge is 0.234 e. The number of rotatable bonds is 9. The van der Waals surface area contributed by atoms with Crippen molar-refractivity contribution in [2.45, 2.75) is 13.5 Å². The molecule has 5 heteroatoms. The van der Waals surface area contributed by atoms with E-state index in [9.17, 15) is 9.59 Å². The van der Waals surface area contributed by atoms with Gasteiger partial charge in [-0.2, -0.15) is 0 Å². The molecule has 0 saturated carbocycles. The zero-order valence-corrected chi connectivity index (χ0v) is 12.5. The number of carbonyl (C=O) groups excluding carboxylic acids is 2. The van der Waals surface area contributed by atoms with Crippen LogP contribution in [-0.2, 0) is 16.1 Å². The van der Waals surface area contributed by atoms with Gasteiger partial charge in [0.2, 0.25) is 11.8 Å². The van der Waals surface area contributed by atoms with Crippen molar-refractivity contribution in [2.75, 3.05) is 26.2 Å². The van der Waals surface area contributed by atoms with Crippen LogP contribution >= 0.6 is 0 Å². The number of benzene rings is 1. The minimum absolute atomic E-state index is 0.0573. The molecule has 2 amide bonds. The van der Waals surface area contributed by atoms with E-state index >= 15 is 0 Å². The van der Waals surface area contributed by atoms with E-state index in [0.29, 0.717) is 32.7 Å². The Hall–Kier alpha value is -2.14. The van der Waals surface area contributed by atoms with E-state index < -0.39 is 0 Å². The number of amides is 2. The second kappa shape index (κ2) is 9.72. The summed E-state index contributed by atoms with van der Waals surface area (Å²) in [6.45, 7) is 7.71. The predicted molar refractivity (Wildman–Crippen MR) is 83.6 cm³/mol. The van der Waals surface area contributed by atoms with E-state index in [0.717, 1.165) is 5.56 Å². The van der Waals surface area contributed by atoms with Gasteiger partial charge in [-0.05, 0) is 5.56 Å². The molecule has 1 aromatic carbocycles. The van der Waals surface area contributed by atoms with E-state index in [1.54, 1.807) is 6.08 Å². The molecule has 0 spiro atoms. The molecule has 1 aromatic rings. The maximum atomic E-state index is 11.9. The lowest BCUT2D eigenvalue weighted by Gasteiger charge is -2.20. The first kappa shape index (κ1) is 16.9. The molecule has 2 N–H and O–H groups in total. The highest BCUT2D eigenvalue weighted by molar-refractivity contribution is 5.78. The molecule has 0 radical (unpaired) electrons. The van der Waals surface area contributed by atoms with E-state index in [-0.39, 0.29) is 11.8 Å². The van der Waals surface area contributed by atoms with Gasteiger partial charge < -0.3 is 10.6 Å². The zero-order chi connectivity index (χ0) is 15.5. The topological polar surface area (TPSA) is 61.4 Å². The van der Waals surface area contributed by atoms with Crippen LogP contribution in [0.3, 0.4) is 0 Å². The fourth-order valence-electron chi connectivity index (χ4n) is 1.91. The van der Waals surface area contributed by atoms with Crippen LogP contribution in [0.15, 0.2) is 43.0 Å². The molecule has 0 aliphatic carbocycles. The van der Waals surface area contributed by atoms with Crippen molar-refractivity contribution in [1.29, 1.82) is 0 Å². The van der Waals surface area contributed by atoms with Crippen molar-refractivity contribution in [3.05, 3.63) is 48.6 Å². The van der Waals surface area contributed by atoms with Gasteiger partial charge >= 0.3 is 0 Å². The maximum absolute atomic E-state index is 11.9. The first-order valence-corrected chi connectivity index (χ1v) is 7.00. The molecular formula is C16H23N3O2. The third kappa shape index (κ3) is 7.89. The minimum Gasteiger partial charge on any atom is -0.355 e. The van der Waals surface area contributed by atoms with E-state index in [1.807, 2.05) is 35.2 Å². The van der Waals surface area contributed by atoms with Crippen LogP contribution in [0.2, 0.25) is 0 Å². The van der Waals surface area contributed by atoms with Crippen LogP contribution in [0.1, 0.15) is 12.5 Å². The summed E-state index contributed by atoms with van der Waals surface area (Å²) >= 11 is 0. The standard InChI is InChI=1S/C16H23N3O2/c1-3-11-19(12-15-7-5-4-6-8-15)13-16(21)18-10-9-17-14(2)20/h3-8H,1,9-13H2,2H3,(H,17,20)(H,18,21). The molecule has 114 valence electrons. The summed E-state index contributed by atoms with van der Waals surface area (Å²) in [5, 5.41) is 5.42. The fourth-order valence-corrected chi connectivity index (χ4v) is 1.91. The Morgan fingerprint density at radius 1 is 1.19 bits per heavy atom. The highest BCUT2D eigenvalue weighted by atomic mass is 16.2. The van der Waals surface area contributed by atoms with Gasteiger partial charge in [0.15, 0.2) is 0 Å². The van der Waals surface area contributed by atoms with Crippen LogP contribution in [0.25, 0.3) is 0 Å². The van der Waals surface area contributed by atoms with Crippen LogP contribution < -0.4 is 10.6 Å². The van der Waals surface area contributed by atoms with Crippen molar-refractivity contribution in [3.8, 4) is 0 Å². The Bertz CT molecular complexity index is 460. The lowest BCUT2D eigenvalue weighted by molar-refractivity contribution is -0.123. The van der Waals surface area contributed by atoms with Crippen LogP contribution in [0.5, 0.6) is 0 Å². The Morgan fingerprint density at radius 3 is 2.48 bits per heavy atom.